The molecule has 2 nitrogen and oxygen atoms in total. The molecule has 13 rings (SSSR count). The second kappa shape index (κ2) is 13.0. The van der Waals surface area contributed by atoms with E-state index < -0.39 is 0 Å². The Hall–Kier alpha value is -5.66. The maximum atomic E-state index is 2.63. The lowest BCUT2D eigenvalue weighted by atomic mass is 9.36. The van der Waals surface area contributed by atoms with Gasteiger partial charge in [0.15, 0.2) is 0 Å². The second-order valence-electron chi connectivity index (χ2n) is 19.3. The van der Waals surface area contributed by atoms with Gasteiger partial charge in [-0.2, -0.15) is 0 Å². The molecular formula is C56H43BN2S3. The Morgan fingerprint density at radius 2 is 0.919 bits per heavy atom. The van der Waals surface area contributed by atoms with Crippen LogP contribution >= 0.6 is 34.9 Å². The average molecular weight is 851 g/mol. The Kier molecular flexibility index (Phi) is 7.72. The predicted octanol–water partition coefficient (Wildman–Crippen LogP) is 14.3. The van der Waals surface area contributed by atoms with Gasteiger partial charge in [0.25, 0.3) is 0 Å². The lowest BCUT2D eigenvalue weighted by Crippen LogP contribution is -2.58. The molecule has 0 bridgehead atoms. The lowest BCUT2D eigenvalue weighted by Gasteiger charge is -2.35. The summed E-state index contributed by atoms with van der Waals surface area (Å²) in [5, 5.41) is 7.86. The van der Waals surface area contributed by atoms with Crippen molar-refractivity contribution in [3.63, 3.8) is 0 Å². The highest BCUT2D eigenvalue weighted by molar-refractivity contribution is 8.01. The smallest absolute Gasteiger partial charge is 0.247 e. The highest BCUT2D eigenvalue weighted by Gasteiger charge is 2.40. The Bertz CT molecular complexity index is 3640. The highest BCUT2D eigenvalue weighted by atomic mass is 32.2. The Labute approximate surface area is 374 Å². The van der Waals surface area contributed by atoms with Gasteiger partial charge >= 0.3 is 0 Å². The first-order valence-electron chi connectivity index (χ1n) is 21.7. The number of thiophene rings is 1. The minimum atomic E-state index is 0.0531. The number of rotatable bonds is 2. The molecule has 8 aromatic carbocycles. The maximum absolute atomic E-state index is 2.63. The summed E-state index contributed by atoms with van der Waals surface area (Å²) in [7, 11) is 0. The van der Waals surface area contributed by atoms with Gasteiger partial charge in [0.2, 0.25) is 6.71 Å². The minimum absolute atomic E-state index is 0.0531. The second-order valence-corrected chi connectivity index (χ2v) is 22.5. The molecule has 0 saturated heterocycles. The van der Waals surface area contributed by atoms with E-state index in [1.807, 2.05) is 34.9 Å². The van der Waals surface area contributed by atoms with Crippen LogP contribution in [0.2, 0.25) is 0 Å². The molecule has 0 radical (unpaired) electrons. The summed E-state index contributed by atoms with van der Waals surface area (Å²) >= 11 is 5.86. The monoisotopic (exact) mass is 850 g/mol. The summed E-state index contributed by atoms with van der Waals surface area (Å²) in [6, 6.07) is 57.9. The van der Waals surface area contributed by atoms with Crippen molar-refractivity contribution in [1.82, 2.24) is 9.13 Å². The zero-order valence-corrected chi connectivity index (χ0v) is 38.1. The van der Waals surface area contributed by atoms with Gasteiger partial charge < -0.3 is 9.13 Å². The van der Waals surface area contributed by atoms with Crippen LogP contribution in [-0.4, -0.2) is 15.8 Å². The van der Waals surface area contributed by atoms with Crippen LogP contribution in [0.1, 0.15) is 52.7 Å². The van der Waals surface area contributed by atoms with Gasteiger partial charge in [-0.3, -0.25) is 0 Å². The van der Waals surface area contributed by atoms with E-state index in [0.717, 1.165) is 0 Å². The quantitative estimate of drug-likeness (QED) is 0.160. The summed E-state index contributed by atoms with van der Waals surface area (Å²) in [6.45, 7) is 14.2. The maximum Gasteiger partial charge on any atom is 0.247 e. The Morgan fingerprint density at radius 1 is 0.435 bits per heavy atom. The van der Waals surface area contributed by atoms with Crippen molar-refractivity contribution in [2.24, 2.45) is 0 Å². The molecule has 62 heavy (non-hydrogen) atoms. The number of benzene rings is 8. The van der Waals surface area contributed by atoms with Gasteiger partial charge in [0.1, 0.15) is 0 Å². The number of hydrogen-bond acceptors (Lipinski definition) is 3. The molecule has 0 atom stereocenters. The van der Waals surface area contributed by atoms with Crippen LogP contribution in [0.4, 0.5) is 0 Å². The van der Waals surface area contributed by atoms with E-state index in [-0.39, 0.29) is 17.5 Å². The zero-order chi connectivity index (χ0) is 41.8. The van der Waals surface area contributed by atoms with Crippen molar-refractivity contribution in [1.29, 1.82) is 0 Å². The van der Waals surface area contributed by atoms with E-state index in [9.17, 15) is 0 Å². The van der Waals surface area contributed by atoms with Crippen LogP contribution in [0.25, 0.3) is 75.2 Å². The normalized spacial score (nSPS) is 13.8. The number of para-hydroxylation sites is 3. The van der Waals surface area contributed by atoms with Gasteiger partial charge in [-0.05, 0) is 82.0 Å². The molecule has 5 heterocycles. The van der Waals surface area contributed by atoms with Gasteiger partial charge in [-0.25, -0.2) is 0 Å². The van der Waals surface area contributed by atoms with Crippen LogP contribution in [0, 0.1) is 0 Å². The molecule has 2 aliphatic rings. The largest absolute Gasteiger partial charge is 0.308 e. The minimum Gasteiger partial charge on any atom is -0.308 e. The summed E-state index contributed by atoms with van der Waals surface area (Å²) in [6.07, 6.45) is 0. The Balaban J connectivity index is 1.17. The fraction of sp³-hybridized carbons (Fsp3) is 0.143. The van der Waals surface area contributed by atoms with Gasteiger partial charge in [0, 0.05) is 72.7 Å². The molecule has 298 valence electrons. The predicted molar refractivity (Wildman–Crippen MR) is 271 cm³/mol. The third-order valence-electron chi connectivity index (χ3n) is 13.5. The molecule has 0 amide bonds. The van der Waals surface area contributed by atoms with E-state index in [1.165, 1.54) is 122 Å². The van der Waals surface area contributed by atoms with Crippen molar-refractivity contribution in [2.75, 3.05) is 0 Å². The van der Waals surface area contributed by atoms with Crippen LogP contribution in [0.5, 0.6) is 0 Å². The molecular weight excluding hydrogens is 808 g/mol. The first-order chi connectivity index (χ1) is 30.0. The van der Waals surface area contributed by atoms with Gasteiger partial charge in [0.05, 0.1) is 22.1 Å². The van der Waals surface area contributed by atoms with Crippen molar-refractivity contribution < 1.29 is 0 Å². The van der Waals surface area contributed by atoms with Crippen molar-refractivity contribution >= 4 is 122 Å². The number of hydrogen-bond donors (Lipinski definition) is 0. The molecule has 2 aliphatic heterocycles. The highest BCUT2D eigenvalue weighted by Crippen LogP contribution is 2.52. The van der Waals surface area contributed by atoms with E-state index in [1.54, 1.807) is 0 Å². The molecule has 3 aromatic heterocycles. The molecule has 0 unspecified atom stereocenters. The van der Waals surface area contributed by atoms with Crippen LogP contribution in [-0.2, 0) is 10.8 Å². The van der Waals surface area contributed by atoms with Crippen LogP contribution < -0.4 is 16.4 Å². The molecule has 0 saturated carbocycles. The van der Waals surface area contributed by atoms with Crippen molar-refractivity contribution in [2.45, 2.75) is 72.0 Å². The fourth-order valence-corrected chi connectivity index (χ4v) is 14.2. The van der Waals surface area contributed by atoms with Gasteiger partial charge in [-0.1, -0.05) is 173 Å². The average Bonchev–Trinajstić information content (AvgIpc) is 3.93. The first-order valence-corrected chi connectivity index (χ1v) is 24.2. The standard InChI is InChI=1S/C56H43BN2S3/c1-55(2,3)32-24-26-44-39(28-32)57-40-29-33(56(4,5)6)25-27-45(40)61-47-31-35(30-46(60-44)51(47)57)59-42-22-14-11-19-37(42)49-52(59)48-36-18-10-13-21-41(36)58(34-16-8-7-9-17-34)53(48)50-38-20-12-15-23-43(38)62-54(49)50/h7-31H,1-6H3. The Morgan fingerprint density at radius 3 is 1.50 bits per heavy atom. The van der Waals surface area contributed by atoms with Crippen LogP contribution in [0.3, 0.4) is 0 Å². The first kappa shape index (κ1) is 36.9. The molecule has 0 N–H and O–H groups in total. The van der Waals surface area contributed by atoms with E-state index in [4.69, 9.17) is 0 Å². The zero-order valence-electron chi connectivity index (χ0n) is 35.6. The lowest BCUT2D eigenvalue weighted by molar-refractivity contribution is 0.590. The molecule has 6 heteroatoms. The number of fused-ring (bicyclic) bond motifs is 16. The molecule has 0 fully saturated rings. The third kappa shape index (κ3) is 5.15. The molecule has 0 aliphatic carbocycles. The van der Waals surface area contributed by atoms with E-state index >= 15 is 0 Å². The summed E-state index contributed by atoms with van der Waals surface area (Å²) < 4.78 is 7.82. The summed E-state index contributed by atoms with van der Waals surface area (Å²) in [4.78, 5) is 5.43. The van der Waals surface area contributed by atoms with E-state index in [2.05, 4.69) is 202 Å². The van der Waals surface area contributed by atoms with Crippen molar-refractivity contribution in [3.05, 3.63) is 163 Å². The van der Waals surface area contributed by atoms with E-state index in [0.29, 0.717) is 0 Å². The van der Waals surface area contributed by atoms with Crippen molar-refractivity contribution in [3.8, 4) is 11.4 Å². The molecule has 11 aromatic rings. The topological polar surface area (TPSA) is 9.86 Å². The third-order valence-corrected chi connectivity index (χ3v) is 17.0. The van der Waals surface area contributed by atoms with Gasteiger partial charge in [-0.15, -0.1) is 11.3 Å². The SMILES string of the molecule is CC(C)(C)c1ccc2c(c1)B1c3cc(C(C)(C)C)ccc3Sc3cc(-n4c5ccccc5c5c6sc7ccccc7c6c6c(c7ccccc7n6-c6ccccc6)c54)cc(c31)S2. The summed E-state index contributed by atoms with van der Waals surface area (Å²) in [5.41, 5.74) is 14.6. The number of aromatic nitrogens is 2. The fourth-order valence-electron chi connectivity index (χ4n) is 10.5. The van der Waals surface area contributed by atoms with Crippen LogP contribution in [0.15, 0.2) is 171 Å². The summed E-state index contributed by atoms with van der Waals surface area (Å²) in [5.74, 6) is 0. The number of nitrogens with zero attached hydrogens (tertiary/aromatic N) is 2. The molecule has 0 spiro atoms.